The Morgan fingerprint density at radius 1 is 0.458 bits per heavy atom. The van der Waals surface area contributed by atoms with Crippen molar-refractivity contribution in [1.82, 2.24) is 0 Å². The van der Waals surface area contributed by atoms with Gasteiger partial charge in [0.1, 0.15) is 0 Å². The number of hydrogen-bond acceptors (Lipinski definition) is 3. The first kappa shape index (κ1) is 24.3. The van der Waals surface area contributed by atoms with E-state index in [2.05, 4.69) is 6.92 Å². The first-order chi connectivity index (χ1) is 11.4. The molecule has 3 nitrogen and oxygen atoms in total. The molecule has 3 N–H and O–H groups in total. The van der Waals surface area contributed by atoms with E-state index in [-0.39, 0.29) is 12.3 Å². The fourth-order valence-electron chi connectivity index (χ4n) is 3.14. The number of hydrogen-bond donors (Lipinski definition) is 3. The summed E-state index contributed by atoms with van der Waals surface area (Å²) in [4.78, 5) is 28.9. The van der Waals surface area contributed by atoms with Crippen molar-refractivity contribution in [1.29, 1.82) is 0 Å². The molecule has 24 heavy (non-hydrogen) atoms. The minimum atomic E-state index is -4.25. The molecular formula is C20H45O3P. The minimum absolute atomic E-state index is 0.0876. The molecule has 0 heterocycles. The molecule has 0 rings (SSSR count). The molecule has 0 aromatic rings. The molecule has 0 aliphatic heterocycles. The fraction of sp³-hybridized carbons (Fsp3) is 1.00. The van der Waals surface area contributed by atoms with Crippen molar-refractivity contribution in [3.8, 4) is 0 Å². The summed E-state index contributed by atoms with van der Waals surface area (Å²) in [6.45, 7) is 3.91. The van der Waals surface area contributed by atoms with Crippen molar-refractivity contribution in [2.24, 2.45) is 0 Å². The summed E-state index contributed by atoms with van der Waals surface area (Å²) in [5.41, 5.74) is 0. The Bertz CT molecular complexity index is 274. The molecule has 0 aliphatic rings. The summed E-state index contributed by atoms with van der Waals surface area (Å²) >= 11 is 0. The second-order valence-electron chi connectivity index (χ2n) is 7.68. The van der Waals surface area contributed by atoms with Crippen molar-refractivity contribution < 1.29 is 14.7 Å². The SMILES string of the molecule is CCCCCCCCCCCCCCCCCCP(O)(O)(O)CC. The Labute approximate surface area is 151 Å². The molecule has 0 amide bonds. The average molecular weight is 365 g/mol. The first-order valence-electron chi connectivity index (χ1n) is 10.6. The van der Waals surface area contributed by atoms with Gasteiger partial charge in [0, 0.05) is 0 Å². The van der Waals surface area contributed by atoms with E-state index < -0.39 is 7.28 Å². The Balaban J connectivity index is 3.16. The van der Waals surface area contributed by atoms with Crippen LogP contribution in [0, 0.1) is 0 Å². The van der Waals surface area contributed by atoms with E-state index in [1.54, 1.807) is 6.92 Å². The summed E-state index contributed by atoms with van der Waals surface area (Å²) in [5.74, 6) is 0. The van der Waals surface area contributed by atoms with E-state index in [0.717, 1.165) is 19.3 Å². The molecule has 0 spiro atoms. The zero-order valence-corrected chi connectivity index (χ0v) is 17.4. The van der Waals surface area contributed by atoms with Crippen LogP contribution in [-0.2, 0) is 0 Å². The molecule has 148 valence electrons. The van der Waals surface area contributed by atoms with Gasteiger partial charge >= 0.3 is 112 Å². The Kier molecular flexibility index (Phi) is 14.7. The van der Waals surface area contributed by atoms with E-state index in [4.69, 9.17) is 0 Å². The molecule has 0 aromatic heterocycles. The van der Waals surface area contributed by atoms with Crippen LogP contribution < -0.4 is 0 Å². The maximum absolute atomic E-state index is 9.65. The van der Waals surface area contributed by atoms with Crippen molar-refractivity contribution >= 4 is 7.28 Å². The first-order valence-corrected chi connectivity index (χ1v) is 13.1. The number of unbranched alkanes of at least 4 members (excludes halogenated alkanes) is 15. The molecule has 0 atom stereocenters. The van der Waals surface area contributed by atoms with Crippen LogP contribution in [0.3, 0.4) is 0 Å². The van der Waals surface area contributed by atoms with Gasteiger partial charge in [-0.05, 0) is 0 Å². The topological polar surface area (TPSA) is 60.7 Å². The van der Waals surface area contributed by atoms with Crippen LogP contribution in [0.2, 0.25) is 0 Å². The predicted molar refractivity (Wildman–Crippen MR) is 109 cm³/mol. The third kappa shape index (κ3) is 17.1. The Hall–Kier alpha value is 0.310. The van der Waals surface area contributed by atoms with Crippen molar-refractivity contribution in [2.45, 2.75) is 117 Å². The van der Waals surface area contributed by atoms with Gasteiger partial charge in [0.15, 0.2) is 0 Å². The zero-order valence-electron chi connectivity index (χ0n) is 16.5. The van der Waals surface area contributed by atoms with Crippen LogP contribution in [0.5, 0.6) is 0 Å². The Morgan fingerprint density at radius 3 is 1.04 bits per heavy atom. The van der Waals surface area contributed by atoms with Gasteiger partial charge < -0.3 is 0 Å². The molecule has 0 fully saturated rings. The molecule has 0 aromatic carbocycles. The summed E-state index contributed by atoms with van der Waals surface area (Å²) in [7, 11) is -4.25. The maximum atomic E-state index is 9.65. The van der Waals surface area contributed by atoms with Gasteiger partial charge in [-0.15, -0.1) is 0 Å². The molecule has 0 aliphatic carbocycles. The van der Waals surface area contributed by atoms with Gasteiger partial charge in [0.2, 0.25) is 0 Å². The van der Waals surface area contributed by atoms with Crippen LogP contribution in [-0.4, -0.2) is 27.0 Å². The molecule has 0 unspecified atom stereocenters. The van der Waals surface area contributed by atoms with Crippen LogP contribution in [0.1, 0.15) is 117 Å². The van der Waals surface area contributed by atoms with Gasteiger partial charge in [-0.25, -0.2) is 0 Å². The van der Waals surface area contributed by atoms with Crippen LogP contribution >= 0.6 is 7.28 Å². The standard InChI is InChI=1S/C20H45O3P/c1-3-5-6-7-8-9-10-11-12-13-14-15-16-17-18-19-20-24(21,22,23)4-2/h21-23H,3-20H2,1-2H3. The second kappa shape index (κ2) is 14.5. The molecule has 0 saturated carbocycles. The number of rotatable bonds is 18. The monoisotopic (exact) mass is 364 g/mol. The molecular weight excluding hydrogens is 319 g/mol. The molecule has 0 saturated heterocycles. The van der Waals surface area contributed by atoms with Crippen LogP contribution in [0.4, 0.5) is 0 Å². The molecule has 4 heteroatoms. The normalized spacial score (nSPS) is 13.8. The van der Waals surface area contributed by atoms with E-state index in [9.17, 15) is 14.7 Å². The van der Waals surface area contributed by atoms with E-state index in [1.807, 2.05) is 0 Å². The quantitative estimate of drug-likeness (QED) is 0.191. The Morgan fingerprint density at radius 2 is 0.750 bits per heavy atom. The van der Waals surface area contributed by atoms with Crippen molar-refractivity contribution in [2.75, 3.05) is 12.3 Å². The summed E-state index contributed by atoms with van der Waals surface area (Å²) in [5, 5.41) is 0. The van der Waals surface area contributed by atoms with Gasteiger partial charge in [0.05, 0.1) is 0 Å². The van der Waals surface area contributed by atoms with E-state index in [0.29, 0.717) is 0 Å². The fourth-order valence-corrected chi connectivity index (χ4v) is 4.33. The average Bonchev–Trinajstić information content (AvgIpc) is 2.54. The molecule has 0 radical (unpaired) electrons. The van der Waals surface area contributed by atoms with Crippen LogP contribution in [0.15, 0.2) is 0 Å². The van der Waals surface area contributed by atoms with Crippen LogP contribution in [0.25, 0.3) is 0 Å². The van der Waals surface area contributed by atoms with Gasteiger partial charge in [-0.1, -0.05) is 39.0 Å². The zero-order chi connectivity index (χ0) is 18.2. The van der Waals surface area contributed by atoms with Gasteiger partial charge in [-0.3, -0.25) is 0 Å². The molecule has 0 bridgehead atoms. The van der Waals surface area contributed by atoms with Crippen molar-refractivity contribution in [3.63, 3.8) is 0 Å². The summed E-state index contributed by atoms with van der Waals surface area (Å²) in [6, 6.07) is 0. The third-order valence-electron chi connectivity index (χ3n) is 5.12. The predicted octanol–water partition coefficient (Wildman–Crippen LogP) is 6.54. The van der Waals surface area contributed by atoms with E-state index >= 15 is 0 Å². The van der Waals surface area contributed by atoms with E-state index in [1.165, 1.54) is 83.5 Å². The van der Waals surface area contributed by atoms with Gasteiger partial charge in [0.25, 0.3) is 0 Å². The van der Waals surface area contributed by atoms with Crippen molar-refractivity contribution in [3.05, 3.63) is 0 Å². The van der Waals surface area contributed by atoms with Gasteiger partial charge in [-0.2, -0.15) is 0 Å². The third-order valence-corrected chi connectivity index (χ3v) is 7.65. The summed E-state index contributed by atoms with van der Waals surface area (Å²) in [6.07, 6.45) is 21.0. The second-order valence-corrected chi connectivity index (χ2v) is 11.4. The summed E-state index contributed by atoms with van der Waals surface area (Å²) < 4.78 is 0.